The number of anilines is 1. The summed E-state index contributed by atoms with van der Waals surface area (Å²) in [4.78, 5) is 13.2. The number of ether oxygens (including phenoxy) is 2. The van der Waals surface area contributed by atoms with Crippen LogP contribution in [0.5, 0.6) is 11.5 Å². The van der Waals surface area contributed by atoms with Gasteiger partial charge in [-0.25, -0.2) is 0 Å². The van der Waals surface area contributed by atoms with Crippen LogP contribution < -0.4 is 14.8 Å². The van der Waals surface area contributed by atoms with Crippen molar-refractivity contribution < 1.29 is 14.3 Å². The first kappa shape index (κ1) is 16.9. The van der Waals surface area contributed by atoms with Gasteiger partial charge < -0.3 is 14.8 Å². The number of benzene rings is 2. The zero-order chi connectivity index (χ0) is 17.8. The van der Waals surface area contributed by atoms with Crippen LogP contribution in [0.2, 0.25) is 0 Å². The van der Waals surface area contributed by atoms with Gasteiger partial charge in [-0.2, -0.15) is 0 Å². The molecule has 3 rings (SSSR count). The molecule has 1 N–H and O–H groups in total. The number of methoxy groups -OCH3 is 2. The molecular weight excluding hydrogens is 338 g/mol. The van der Waals surface area contributed by atoms with E-state index in [2.05, 4.69) is 14.9 Å². The van der Waals surface area contributed by atoms with Crippen molar-refractivity contribution in [3.05, 3.63) is 52.9 Å². The second kappa shape index (κ2) is 7.31. The smallest absolute Gasteiger partial charge is 0.269 e. The number of aryl methyl sites for hydroxylation is 1. The molecule has 6 nitrogen and oxygen atoms in total. The summed E-state index contributed by atoms with van der Waals surface area (Å²) < 4.78 is 14.5. The minimum absolute atomic E-state index is 0.281. The van der Waals surface area contributed by atoms with Crippen molar-refractivity contribution in [3.8, 4) is 22.8 Å². The number of carbonyl (C=O) groups is 1. The van der Waals surface area contributed by atoms with E-state index in [0.29, 0.717) is 27.8 Å². The van der Waals surface area contributed by atoms with E-state index in [4.69, 9.17) is 9.47 Å². The Kier molecular flexibility index (Phi) is 4.95. The highest BCUT2D eigenvalue weighted by Gasteiger charge is 2.19. The maximum atomic E-state index is 12.7. The van der Waals surface area contributed by atoms with Gasteiger partial charge in [0.05, 0.1) is 19.9 Å². The van der Waals surface area contributed by atoms with Crippen LogP contribution in [0.25, 0.3) is 11.3 Å². The summed E-state index contributed by atoms with van der Waals surface area (Å²) in [5, 5.41) is 6.98. The normalized spacial score (nSPS) is 10.4. The van der Waals surface area contributed by atoms with Crippen LogP contribution >= 0.6 is 11.5 Å². The predicted octanol–water partition coefficient (Wildman–Crippen LogP) is 3.78. The highest BCUT2D eigenvalue weighted by Crippen LogP contribution is 2.30. The van der Waals surface area contributed by atoms with E-state index in [-0.39, 0.29) is 5.91 Å². The third-order valence-corrected chi connectivity index (χ3v) is 4.37. The third kappa shape index (κ3) is 3.61. The molecule has 0 aliphatic carbocycles. The Morgan fingerprint density at radius 1 is 1.12 bits per heavy atom. The maximum Gasteiger partial charge on any atom is 0.269 e. The Labute approximate surface area is 149 Å². The average molecular weight is 355 g/mol. The van der Waals surface area contributed by atoms with Gasteiger partial charge in [-0.3, -0.25) is 4.79 Å². The Hall–Kier alpha value is -2.93. The van der Waals surface area contributed by atoms with Crippen molar-refractivity contribution in [2.24, 2.45) is 0 Å². The summed E-state index contributed by atoms with van der Waals surface area (Å²) in [6, 6.07) is 13.0. The van der Waals surface area contributed by atoms with Crippen LogP contribution in [0.15, 0.2) is 42.5 Å². The molecule has 0 atom stereocenters. The molecule has 0 saturated heterocycles. The zero-order valence-electron chi connectivity index (χ0n) is 14.1. The SMILES string of the molecule is COc1cccc(-c2nnsc2C(=O)Nc2cc(C)ccc2OC)c1. The Morgan fingerprint density at radius 2 is 1.96 bits per heavy atom. The molecule has 0 unspecified atom stereocenters. The van der Waals surface area contributed by atoms with Crippen LogP contribution in [0, 0.1) is 6.92 Å². The van der Waals surface area contributed by atoms with Gasteiger partial charge in [-0.15, -0.1) is 5.10 Å². The Bertz CT molecular complexity index is 908. The summed E-state index contributed by atoms with van der Waals surface area (Å²) in [6.07, 6.45) is 0. The van der Waals surface area contributed by atoms with Crippen molar-refractivity contribution in [2.45, 2.75) is 6.92 Å². The molecular formula is C18H17N3O3S. The van der Waals surface area contributed by atoms with E-state index < -0.39 is 0 Å². The van der Waals surface area contributed by atoms with Gasteiger partial charge in [-0.05, 0) is 48.3 Å². The highest BCUT2D eigenvalue weighted by molar-refractivity contribution is 7.08. The topological polar surface area (TPSA) is 73.3 Å². The monoisotopic (exact) mass is 355 g/mol. The van der Waals surface area contributed by atoms with Gasteiger partial charge in [-0.1, -0.05) is 22.7 Å². The van der Waals surface area contributed by atoms with Crippen molar-refractivity contribution in [2.75, 3.05) is 19.5 Å². The van der Waals surface area contributed by atoms with Crippen LogP contribution in [0.3, 0.4) is 0 Å². The fourth-order valence-corrected chi connectivity index (χ4v) is 2.98. The van der Waals surface area contributed by atoms with E-state index in [0.717, 1.165) is 22.7 Å². The van der Waals surface area contributed by atoms with Crippen molar-refractivity contribution in [1.82, 2.24) is 9.59 Å². The second-order valence-electron chi connectivity index (χ2n) is 5.34. The van der Waals surface area contributed by atoms with Crippen molar-refractivity contribution in [1.29, 1.82) is 0 Å². The summed E-state index contributed by atoms with van der Waals surface area (Å²) in [5.41, 5.74) is 2.92. The fraction of sp³-hybridized carbons (Fsp3) is 0.167. The molecule has 0 aliphatic rings. The lowest BCUT2D eigenvalue weighted by atomic mass is 10.1. The minimum Gasteiger partial charge on any atom is -0.497 e. The number of nitrogens with zero attached hydrogens (tertiary/aromatic N) is 2. The molecule has 1 amide bonds. The molecule has 0 radical (unpaired) electrons. The Morgan fingerprint density at radius 3 is 2.72 bits per heavy atom. The number of nitrogens with one attached hydrogen (secondary N) is 1. The largest absolute Gasteiger partial charge is 0.497 e. The van der Waals surface area contributed by atoms with E-state index in [1.807, 2.05) is 49.4 Å². The molecule has 25 heavy (non-hydrogen) atoms. The van der Waals surface area contributed by atoms with Crippen LogP contribution in [0.4, 0.5) is 5.69 Å². The molecule has 0 bridgehead atoms. The second-order valence-corrected chi connectivity index (χ2v) is 6.09. The molecule has 1 aromatic heterocycles. The van der Waals surface area contributed by atoms with Crippen molar-refractivity contribution in [3.63, 3.8) is 0 Å². The maximum absolute atomic E-state index is 12.7. The van der Waals surface area contributed by atoms with E-state index in [9.17, 15) is 4.79 Å². The van der Waals surface area contributed by atoms with E-state index in [1.165, 1.54) is 0 Å². The van der Waals surface area contributed by atoms with Gasteiger partial charge in [0.1, 0.15) is 22.1 Å². The highest BCUT2D eigenvalue weighted by atomic mass is 32.1. The van der Waals surface area contributed by atoms with E-state index >= 15 is 0 Å². The average Bonchev–Trinajstić information content (AvgIpc) is 3.12. The van der Waals surface area contributed by atoms with Gasteiger partial charge in [0.25, 0.3) is 5.91 Å². The number of hydrogen-bond donors (Lipinski definition) is 1. The molecule has 0 saturated carbocycles. The summed E-state index contributed by atoms with van der Waals surface area (Å²) in [5.74, 6) is 1.01. The van der Waals surface area contributed by atoms with Crippen molar-refractivity contribution >= 4 is 23.1 Å². The van der Waals surface area contributed by atoms with Crippen LogP contribution in [-0.4, -0.2) is 29.7 Å². The van der Waals surface area contributed by atoms with Gasteiger partial charge in [0.15, 0.2) is 0 Å². The molecule has 3 aromatic rings. The number of aromatic nitrogens is 2. The molecule has 0 fully saturated rings. The third-order valence-electron chi connectivity index (χ3n) is 3.64. The quantitative estimate of drug-likeness (QED) is 0.754. The fourth-order valence-electron chi connectivity index (χ4n) is 2.40. The lowest BCUT2D eigenvalue weighted by Crippen LogP contribution is -2.12. The number of rotatable bonds is 5. The standard InChI is InChI=1S/C18H17N3O3S/c1-11-7-8-15(24-3)14(9-11)19-18(22)17-16(20-21-25-17)12-5-4-6-13(10-12)23-2/h4-10H,1-3H3,(H,19,22). The molecule has 0 spiro atoms. The lowest BCUT2D eigenvalue weighted by Gasteiger charge is -2.10. The molecule has 1 heterocycles. The molecule has 0 aliphatic heterocycles. The first-order valence-electron chi connectivity index (χ1n) is 7.55. The Balaban J connectivity index is 1.92. The molecule has 2 aromatic carbocycles. The van der Waals surface area contributed by atoms with Crippen LogP contribution in [-0.2, 0) is 0 Å². The summed E-state index contributed by atoms with van der Waals surface area (Å²) in [6.45, 7) is 1.95. The van der Waals surface area contributed by atoms with E-state index in [1.54, 1.807) is 14.2 Å². The summed E-state index contributed by atoms with van der Waals surface area (Å²) in [7, 11) is 3.16. The molecule has 7 heteroatoms. The lowest BCUT2D eigenvalue weighted by molar-refractivity contribution is 0.103. The number of amides is 1. The first-order valence-corrected chi connectivity index (χ1v) is 8.32. The van der Waals surface area contributed by atoms with Crippen LogP contribution in [0.1, 0.15) is 15.2 Å². The van der Waals surface area contributed by atoms with Gasteiger partial charge >= 0.3 is 0 Å². The first-order chi connectivity index (χ1) is 12.1. The zero-order valence-corrected chi connectivity index (χ0v) is 14.9. The number of carbonyl (C=O) groups excluding carboxylic acids is 1. The van der Waals surface area contributed by atoms with Gasteiger partial charge in [0, 0.05) is 5.56 Å². The molecule has 128 valence electrons. The number of hydrogen-bond acceptors (Lipinski definition) is 6. The van der Waals surface area contributed by atoms with Gasteiger partial charge in [0.2, 0.25) is 0 Å². The minimum atomic E-state index is -0.281. The summed E-state index contributed by atoms with van der Waals surface area (Å²) >= 11 is 1.05. The predicted molar refractivity (Wildman–Crippen MR) is 97.6 cm³/mol.